The Morgan fingerprint density at radius 3 is 2.75 bits per heavy atom. The molecule has 0 unspecified atom stereocenters. The quantitative estimate of drug-likeness (QED) is 0.779. The van der Waals surface area contributed by atoms with E-state index >= 15 is 0 Å². The van der Waals surface area contributed by atoms with Gasteiger partial charge in [0.05, 0.1) is 4.90 Å². The van der Waals surface area contributed by atoms with Crippen molar-refractivity contribution in [3.8, 4) is 0 Å². The zero-order valence-corrected chi connectivity index (χ0v) is 13.2. The van der Waals surface area contributed by atoms with Crippen molar-refractivity contribution in [1.82, 2.24) is 4.98 Å². The summed E-state index contributed by atoms with van der Waals surface area (Å²) in [6.07, 6.45) is 3.12. The maximum Gasteiger partial charge on any atom is 0.274 e. The van der Waals surface area contributed by atoms with E-state index in [0.717, 1.165) is 16.2 Å². The third-order valence-corrected chi connectivity index (χ3v) is 5.35. The number of benzene rings is 2. The molecule has 1 aliphatic rings. The fourth-order valence-electron chi connectivity index (χ4n) is 2.72. The van der Waals surface area contributed by atoms with E-state index in [-0.39, 0.29) is 10.8 Å². The highest BCUT2D eigenvalue weighted by Crippen LogP contribution is 2.29. The molecule has 0 saturated carbocycles. The predicted molar refractivity (Wildman–Crippen MR) is 92.4 cm³/mol. The number of anilines is 1. The first-order chi connectivity index (χ1) is 11.5. The van der Waals surface area contributed by atoms with Gasteiger partial charge in [0, 0.05) is 22.7 Å². The average Bonchev–Trinajstić information content (AvgIpc) is 2.89. The van der Waals surface area contributed by atoms with Crippen molar-refractivity contribution in [2.75, 3.05) is 5.32 Å². The first-order valence-corrected chi connectivity index (χ1v) is 8.81. The fourth-order valence-corrected chi connectivity index (χ4v) is 3.95. The molecular formula is C18H12N2O3S. The van der Waals surface area contributed by atoms with Crippen LogP contribution >= 0.6 is 0 Å². The van der Waals surface area contributed by atoms with Gasteiger partial charge in [-0.1, -0.05) is 30.3 Å². The molecule has 2 aromatic carbocycles. The lowest BCUT2D eigenvalue weighted by atomic mass is 10.1. The van der Waals surface area contributed by atoms with Crippen molar-refractivity contribution in [1.29, 1.82) is 0 Å². The molecule has 0 spiro atoms. The Labute approximate surface area is 138 Å². The summed E-state index contributed by atoms with van der Waals surface area (Å²) in [5.74, 6) is -0.380. The van der Waals surface area contributed by atoms with Crippen LogP contribution in [-0.2, 0) is 9.84 Å². The number of sulfone groups is 1. The number of amides is 1. The van der Waals surface area contributed by atoms with Gasteiger partial charge >= 0.3 is 0 Å². The minimum absolute atomic E-state index is 0.200. The Balaban J connectivity index is 1.70. The van der Waals surface area contributed by atoms with E-state index in [1.54, 1.807) is 24.4 Å². The molecule has 4 rings (SSSR count). The zero-order valence-electron chi connectivity index (χ0n) is 12.4. The van der Waals surface area contributed by atoms with Crippen molar-refractivity contribution in [3.05, 3.63) is 71.4 Å². The third kappa shape index (κ3) is 2.37. The monoisotopic (exact) mass is 336 g/mol. The number of rotatable bonds is 2. The molecule has 24 heavy (non-hydrogen) atoms. The van der Waals surface area contributed by atoms with Crippen LogP contribution in [-0.4, -0.2) is 19.3 Å². The number of fused-ring (bicyclic) bond motifs is 2. The summed E-state index contributed by atoms with van der Waals surface area (Å²) < 4.78 is 23.8. The van der Waals surface area contributed by atoms with Gasteiger partial charge in [-0.25, -0.2) is 8.42 Å². The van der Waals surface area contributed by atoms with E-state index in [4.69, 9.17) is 0 Å². The highest BCUT2D eigenvalue weighted by Gasteiger charge is 2.21. The van der Waals surface area contributed by atoms with Crippen molar-refractivity contribution < 1.29 is 13.2 Å². The Hall–Kier alpha value is -2.99. The molecule has 1 N–H and O–H groups in total. The van der Waals surface area contributed by atoms with Crippen molar-refractivity contribution in [2.45, 2.75) is 4.90 Å². The summed E-state index contributed by atoms with van der Waals surface area (Å²) in [4.78, 5) is 16.9. The summed E-state index contributed by atoms with van der Waals surface area (Å²) in [6.45, 7) is 0. The van der Waals surface area contributed by atoms with Crippen LogP contribution in [0.2, 0.25) is 0 Å². The maximum atomic E-state index is 12.6. The van der Waals surface area contributed by atoms with Gasteiger partial charge in [-0.3, -0.25) is 9.78 Å². The van der Waals surface area contributed by atoms with E-state index in [2.05, 4.69) is 10.3 Å². The molecule has 0 radical (unpaired) electrons. The number of hydrogen-bond acceptors (Lipinski definition) is 4. The maximum absolute atomic E-state index is 12.6. The van der Waals surface area contributed by atoms with E-state index in [1.165, 1.54) is 6.07 Å². The van der Waals surface area contributed by atoms with Gasteiger partial charge in [-0.15, -0.1) is 0 Å². The Morgan fingerprint density at radius 1 is 1.04 bits per heavy atom. The molecule has 2 heterocycles. The van der Waals surface area contributed by atoms with E-state index in [0.29, 0.717) is 16.9 Å². The van der Waals surface area contributed by atoms with Crippen LogP contribution in [0.15, 0.2) is 65.0 Å². The Bertz CT molecular complexity index is 1110. The van der Waals surface area contributed by atoms with E-state index < -0.39 is 9.84 Å². The molecule has 3 aromatic rings. The second kappa shape index (κ2) is 5.28. The standard InChI is InChI=1S/C18H12N2O3S/c21-18(17-15-4-2-1-3-12(15)7-9-19-17)20-14-6-5-13-8-10-24(22,23)16(13)11-14/h1-11H,(H,20,21). The number of carbonyl (C=O) groups excluding carboxylic acids is 1. The van der Waals surface area contributed by atoms with Gasteiger partial charge in [-0.05, 0) is 35.2 Å². The number of hydrogen-bond donors (Lipinski definition) is 1. The minimum atomic E-state index is -3.41. The van der Waals surface area contributed by atoms with E-state index in [1.807, 2.05) is 30.3 Å². The molecule has 1 aromatic heterocycles. The van der Waals surface area contributed by atoms with Crippen LogP contribution in [0.5, 0.6) is 0 Å². The summed E-state index contributed by atoms with van der Waals surface area (Å²) in [5.41, 5.74) is 1.34. The molecule has 0 fully saturated rings. The van der Waals surface area contributed by atoms with Crippen molar-refractivity contribution in [2.24, 2.45) is 0 Å². The van der Waals surface area contributed by atoms with Gasteiger partial charge in [0.1, 0.15) is 5.69 Å². The third-order valence-electron chi connectivity index (χ3n) is 3.89. The van der Waals surface area contributed by atoms with Gasteiger partial charge in [-0.2, -0.15) is 0 Å². The van der Waals surface area contributed by atoms with Crippen LogP contribution in [0.4, 0.5) is 5.69 Å². The van der Waals surface area contributed by atoms with Crippen molar-refractivity contribution >= 4 is 38.3 Å². The second-order valence-electron chi connectivity index (χ2n) is 5.44. The highest BCUT2D eigenvalue weighted by molar-refractivity contribution is 7.94. The largest absolute Gasteiger partial charge is 0.321 e. The van der Waals surface area contributed by atoms with Crippen LogP contribution in [0.1, 0.15) is 16.1 Å². The fraction of sp³-hybridized carbons (Fsp3) is 0. The van der Waals surface area contributed by atoms with Gasteiger partial charge < -0.3 is 5.32 Å². The summed E-state index contributed by atoms with van der Waals surface area (Å²) in [5, 5.41) is 5.55. The average molecular weight is 336 g/mol. The summed E-state index contributed by atoms with van der Waals surface area (Å²) in [6, 6.07) is 14.1. The van der Waals surface area contributed by atoms with Gasteiger partial charge in [0.25, 0.3) is 5.91 Å². The topological polar surface area (TPSA) is 76.1 Å². The van der Waals surface area contributed by atoms with Crippen LogP contribution in [0.3, 0.4) is 0 Å². The van der Waals surface area contributed by atoms with Crippen molar-refractivity contribution in [3.63, 3.8) is 0 Å². The lowest BCUT2D eigenvalue weighted by Crippen LogP contribution is -2.14. The molecular weight excluding hydrogens is 324 g/mol. The molecule has 0 atom stereocenters. The number of nitrogens with one attached hydrogen (secondary N) is 1. The lowest BCUT2D eigenvalue weighted by molar-refractivity contribution is 0.102. The van der Waals surface area contributed by atoms with Crippen LogP contribution in [0.25, 0.3) is 16.8 Å². The van der Waals surface area contributed by atoms with E-state index in [9.17, 15) is 13.2 Å². The predicted octanol–water partition coefficient (Wildman–Crippen LogP) is 3.25. The molecule has 1 amide bonds. The first-order valence-electron chi connectivity index (χ1n) is 7.27. The Morgan fingerprint density at radius 2 is 1.88 bits per heavy atom. The van der Waals surface area contributed by atoms with Crippen LogP contribution in [0, 0.1) is 0 Å². The first kappa shape index (κ1) is 14.6. The lowest BCUT2D eigenvalue weighted by Gasteiger charge is -2.08. The minimum Gasteiger partial charge on any atom is -0.321 e. The smallest absolute Gasteiger partial charge is 0.274 e. The Kier molecular flexibility index (Phi) is 3.21. The molecule has 118 valence electrons. The normalized spacial score (nSPS) is 14.5. The molecule has 0 saturated heterocycles. The molecule has 6 heteroatoms. The molecule has 1 aliphatic heterocycles. The number of aromatic nitrogens is 1. The number of carbonyl (C=O) groups is 1. The second-order valence-corrected chi connectivity index (χ2v) is 7.24. The molecule has 0 bridgehead atoms. The number of pyridine rings is 1. The summed E-state index contributed by atoms with van der Waals surface area (Å²) in [7, 11) is -3.41. The summed E-state index contributed by atoms with van der Waals surface area (Å²) >= 11 is 0. The zero-order chi connectivity index (χ0) is 16.7. The highest BCUT2D eigenvalue weighted by atomic mass is 32.2. The number of nitrogens with zero attached hydrogens (tertiary/aromatic N) is 1. The van der Waals surface area contributed by atoms with Gasteiger partial charge in [0.2, 0.25) is 9.84 Å². The van der Waals surface area contributed by atoms with Crippen LogP contribution < -0.4 is 5.32 Å². The molecule has 5 nitrogen and oxygen atoms in total. The molecule has 0 aliphatic carbocycles. The SMILES string of the molecule is O=C(Nc1ccc2c(c1)S(=O)(=O)C=C2)c1nccc2ccccc12. The van der Waals surface area contributed by atoms with Gasteiger partial charge in [0.15, 0.2) is 0 Å².